The van der Waals surface area contributed by atoms with E-state index in [1.165, 1.54) is 5.56 Å². The zero-order chi connectivity index (χ0) is 28.5. The number of carbonyl (C=O) groups is 3. The van der Waals surface area contributed by atoms with Crippen LogP contribution in [0, 0.1) is 17.3 Å². The summed E-state index contributed by atoms with van der Waals surface area (Å²) in [7, 11) is 0. The molecule has 1 aromatic carbocycles. The lowest BCUT2D eigenvalue weighted by molar-refractivity contribution is -0.162. The number of nitrogens with one attached hydrogen (secondary N) is 1. The van der Waals surface area contributed by atoms with E-state index in [-0.39, 0.29) is 29.8 Å². The van der Waals surface area contributed by atoms with Gasteiger partial charge in [0.15, 0.2) is 0 Å². The highest BCUT2D eigenvalue weighted by Crippen LogP contribution is 2.44. The van der Waals surface area contributed by atoms with Crippen molar-refractivity contribution in [3.8, 4) is 0 Å². The average molecular weight is 543 g/mol. The Morgan fingerprint density at radius 1 is 1.03 bits per heavy atom. The molecule has 1 unspecified atom stereocenters. The van der Waals surface area contributed by atoms with Gasteiger partial charge in [0.05, 0.1) is 23.9 Å². The monoisotopic (exact) mass is 542 g/mol. The van der Waals surface area contributed by atoms with Crippen LogP contribution < -0.4 is 5.32 Å². The van der Waals surface area contributed by atoms with Crippen molar-refractivity contribution in [3.63, 3.8) is 0 Å². The Morgan fingerprint density at radius 2 is 1.67 bits per heavy atom. The third-order valence-corrected chi connectivity index (χ3v) is 8.28. The minimum absolute atomic E-state index is 0.0610. The van der Waals surface area contributed by atoms with Crippen LogP contribution in [0.3, 0.4) is 0 Å². The van der Waals surface area contributed by atoms with E-state index >= 15 is 0 Å². The number of hydrogen-bond donors (Lipinski definition) is 1. The molecular weight excluding hydrogens is 492 g/mol. The maximum atomic E-state index is 13.9. The van der Waals surface area contributed by atoms with Crippen molar-refractivity contribution in [2.45, 2.75) is 111 Å². The second kappa shape index (κ2) is 14.3. The summed E-state index contributed by atoms with van der Waals surface area (Å²) < 4.78 is 11.1. The van der Waals surface area contributed by atoms with Crippen LogP contribution in [-0.4, -0.2) is 54.1 Å². The van der Waals surface area contributed by atoms with Crippen LogP contribution in [0.25, 0.3) is 0 Å². The van der Waals surface area contributed by atoms with Gasteiger partial charge in [0.2, 0.25) is 5.91 Å². The molecular formula is C32H50N2O5. The summed E-state index contributed by atoms with van der Waals surface area (Å²) in [6.45, 7) is 12.1. The molecule has 0 spiro atoms. The topological polar surface area (TPSA) is 84.9 Å². The number of carbonyl (C=O) groups excluding carboxylic acids is 3. The van der Waals surface area contributed by atoms with Crippen molar-refractivity contribution in [3.05, 3.63) is 35.9 Å². The molecule has 0 saturated heterocycles. The van der Waals surface area contributed by atoms with Gasteiger partial charge in [-0.15, -0.1) is 0 Å². The largest absolute Gasteiger partial charge is 0.466 e. The number of nitrogens with zero attached hydrogens (tertiary/aromatic N) is 1. The first kappa shape index (κ1) is 31.1. The summed E-state index contributed by atoms with van der Waals surface area (Å²) in [4.78, 5) is 41.8. The molecule has 7 heteroatoms. The van der Waals surface area contributed by atoms with Crippen LogP contribution in [0.1, 0.15) is 98.0 Å². The van der Waals surface area contributed by atoms with E-state index in [0.717, 1.165) is 64.5 Å². The van der Waals surface area contributed by atoms with Gasteiger partial charge in [-0.05, 0) is 84.7 Å². The first-order chi connectivity index (χ1) is 18.5. The van der Waals surface area contributed by atoms with Crippen LogP contribution in [-0.2, 0) is 30.4 Å². The molecule has 0 bridgehead atoms. The molecule has 2 aliphatic carbocycles. The van der Waals surface area contributed by atoms with Crippen molar-refractivity contribution in [2.75, 3.05) is 19.7 Å². The standard InChI is InChI=1S/C32H50N2O5/c1-6-34(22-24-13-9-8-10-14-24)23-26(29(36)39-31(3,4)5)21-32(19-11-12-20-32)30(37)33-27-17-15-25(16-18-27)28(35)38-7-2/h8-10,13-14,25-27H,6-7,11-12,15-23H2,1-5H3,(H,33,37)/t25-,26?,27+. The van der Waals surface area contributed by atoms with E-state index in [1.54, 1.807) is 0 Å². The van der Waals surface area contributed by atoms with Crippen LogP contribution >= 0.6 is 0 Å². The van der Waals surface area contributed by atoms with Crippen LogP contribution in [0.5, 0.6) is 0 Å². The van der Waals surface area contributed by atoms with E-state index in [2.05, 4.69) is 29.3 Å². The highest BCUT2D eigenvalue weighted by Gasteiger charge is 2.46. The predicted molar refractivity (Wildman–Crippen MR) is 153 cm³/mol. The maximum Gasteiger partial charge on any atom is 0.310 e. The normalized spacial score (nSPS) is 21.8. The number of amides is 1. The van der Waals surface area contributed by atoms with Gasteiger partial charge in [-0.3, -0.25) is 19.3 Å². The molecule has 1 amide bonds. The molecule has 0 aliphatic heterocycles. The molecule has 1 aromatic rings. The van der Waals surface area contributed by atoms with E-state index in [1.807, 2.05) is 45.9 Å². The second-order valence-corrected chi connectivity index (χ2v) is 12.5. The zero-order valence-corrected chi connectivity index (χ0v) is 24.8. The Morgan fingerprint density at radius 3 is 2.23 bits per heavy atom. The molecule has 0 radical (unpaired) electrons. The Hall–Kier alpha value is -2.41. The number of hydrogen-bond acceptors (Lipinski definition) is 6. The van der Waals surface area contributed by atoms with Crippen LogP contribution in [0.15, 0.2) is 30.3 Å². The second-order valence-electron chi connectivity index (χ2n) is 12.5. The van der Waals surface area contributed by atoms with Gasteiger partial charge in [-0.25, -0.2) is 0 Å². The van der Waals surface area contributed by atoms with E-state index < -0.39 is 16.9 Å². The van der Waals surface area contributed by atoms with Crippen LogP contribution in [0.4, 0.5) is 0 Å². The van der Waals surface area contributed by atoms with Gasteiger partial charge in [-0.2, -0.15) is 0 Å². The molecule has 1 N–H and O–H groups in total. The lowest BCUT2D eigenvalue weighted by Gasteiger charge is -2.36. The van der Waals surface area contributed by atoms with Crippen molar-refractivity contribution in [1.82, 2.24) is 10.2 Å². The Labute approximate surface area is 235 Å². The molecule has 0 heterocycles. The van der Waals surface area contributed by atoms with E-state index in [4.69, 9.17) is 9.47 Å². The highest BCUT2D eigenvalue weighted by atomic mass is 16.6. The molecule has 7 nitrogen and oxygen atoms in total. The zero-order valence-electron chi connectivity index (χ0n) is 24.8. The molecule has 218 valence electrons. The molecule has 2 saturated carbocycles. The van der Waals surface area contributed by atoms with Gasteiger partial charge >= 0.3 is 11.9 Å². The number of benzene rings is 1. The first-order valence-corrected chi connectivity index (χ1v) is 15.0. The summed E-state index contributed by atoms with van der Waals surface area (Å²) in [6, 6.07) is 10.3. The lowest BCUT2D eigenvalue weighted by atomic mass is 9.75. The third kappa shape index (κ3) is 9.33. The average Bonchev–Trinajstić information content (AvgIpc) is 3.38. The van der Waals surface area contributed by atoms with Crippen molar-refractivity contribution in [2.24, 2.45) is 17.3 Å². The summed E-state index contributed by atoms with van der Waals surface area (Å²) in [6.07, 6.45) is 7.10. The number of ether oxygens (including phenoxy) is 2. The fourth-order valence-corrected chi connectivity index (χ4v) is 6.19. The SMILES string of the molecule is CCOC(=O)[C@H]1CC[C@@H](NC(=O)C2(CC(CN(CC)Cc3ccccc3)C(=O)OC(C)(C)C)CCCC2)CC1. The smallest absolute Gasteiger partial charge is 0.310 e. The Bertz CT molecular complexity index is 928. The lowest BCUT2D eigenvalue weighted by Crippen LogP contribution is -2.48. The van der Waals surface area contributed by atoms with Crippen molar-refractivity contribution < 1.29 is 23.9 Å². The summed E-state index contributed by atoms with van der Waals surface area (Å²) in [5, 5.41) is 3.34. The minimum atomic E-state index is -0.589. The number of rotatable bonds is 12. The molecule has 39 heavy (non-hydrogen) atoms. The minimum Gasteiger partial charge on any atom is -0.466 e. The maximum absolute atomic E-state index is 13.9. The summed E-state index contributed by atoms with van der Waals surface area (Å²) in [5.41, 5.74) is 0.0502. The molecule has 1 atom stereocenters. The molecule has 2 aliphatic rings. The van der Waals surface area contributed by atoms with Crippen molar-refractivity contribution >= 4 is 17.8 Å². The quantitative estimate of drug-likeness (QED) is 0.343. The molecule has 2 fully saturated rings. The van der Waals surface area contributed by atoms with E-state index in [0.29, 0.717) is 19.6 Å². The van der Waals surface area contributed by atoms with Gasteiger partial charge in [0.1, 0.15) is 5.60 Å². The Balaban J connectivity index is 1.71. The van der Waals surface area contributed by atoms with E-state index in [9.17, 15) is 14.4 Å². The third-order valence-electron chi connectivity index (χ3n) is 8.28. The fraction of sp³-hybridized carbons (Fsp3) is 0.719. The predicted octanol–water partition coefficient (Wildman–Crippen LogP) is 5.66. The van der Waals surface area contributed by atoms with Gasteiger partial charge < -0.3 is 14.8 Å². The molecule has 3 rings (SSSR count). The Kier molecular flexibility index (Phi) is 11.4. The first-order valence-electron chi connectivity index (χ1n) is 15.0. The summed E-state index contributed by atoms with van der Waals surface area (Å²) in [5.74, 6) is -0.732. The summed E-state index contributed by atoms with van der Waals surface area (Å²) >= 11 is 0. The molecule has 0 aromatic heterocycles. The number of esters is 2. The fourth-order valence-electron chi connectivity index (χ4n) is 6.19. The van der Waals surface area contributed by atoms with Gasteiger partial charge in [0.25, 0.3) is 0 Å². The van der Waals surface area contributed by atoms with Gasteiger partial charge in [0, 0.05) is 19.1 Å². The van der Waals surface area contributed by atoms with Gasteiger partial charge in [-0.1, -0.05) is 50.1 Å². The van der Waals surface area contributed by atoms with Crippen LogP contribution in [0.2, 0.25) is 0 Å². The highest BCUT2D eigenvalue weighted by molar-refractivity contribution is 5.84. The van der Waals surface area contributed by atoms with Crippen molar-refractivity contribution in [1.29, 1.82) is 0 Å².